The predicted molar refractivity (Wildman–Crippen MR) is 90.5 cm³/mol. The number of amides is 1. The van der Waals surface area contributed by atoms with E-state index in [1.54, 1.807) is 35.6 Å². The zero-order valence-electron chi connectivity index (χ0n) is 12.7. The van der Waals surface area contributed by atoms with Crippen LogP contribution in [0.3, 0.4) is 0 Å². The van der Waals surface area contributed by atoms with Crippen molar-refractivity contribution in [3.8, 4) is 6.07 Å². The van der Waals surface area contributed by atoms with E-state index in [0.717, 1.165) is 31.1 Å². The molecular formula is C17H18N4OS. The molecule has 23 heavy (non-hydrogen) atoms. The van der Waals surface area contributed by atoms with Crippen molar-refractivity contribution in [2.75, 3.05) is 24.5 Å². The van der Waals surface area contributed by atoms with E-state index < -0.39 is 0 Å². The molecule has 118 valence electrons. The van der Waals surface area contributed by atoms with Crippen LogP contribution in [0.2, 0.25) is 0 Å². The third-order valence-electron chi connectivity index (χ3n) is 4.04. The molecule has 1 amide bonds. The van der Waals surface area contributed by atoms with E-state index in [9.17, 15) is 4.79 Å². The molecule has 1 aliphatic rings. The third kappa shape index (κ3) is 3.88. The van der Waals surface area contributed by atoms with Gasteiger partial charge < -0.3 is 10.2 Å². The number of nitrogens with zero attached hydrogens (tertiary/aromatic N) is 3. The van der Waals surface area contributed by atoms with Gasteiger partial charge in [0.25, 0.3) is 5.91 Å². The molecule has 1 saturated heterocycles. The zero-order valence-corrected chi connectivity index (χ0v) is 13.6. The molecule has 6 heteroatoms. The molecule has 0 bridgehead atoms. The van der Waals surface area contributed by atoms with Crippen LogP contribution in [-0.4, -0.2) is 30.5 Å². The monoisotopic (exact) mass is 326 g/mol. The van der Waals surface area contributed by atoms with Gasteiger partial charge in [-0.3, -0.25) is 4.79 Å². The minimum absolute atomic E-state index is 0.0825. The molecule has 1 fully saturated rings. The van der Waals surface area contributed by atoms with E-state index in [1.807, 2.05) is 11.6 Å². The molecule has 2 aromatic rings. The maximum atomic E-state index is 12.2. The van der Waals surface area contributed by atoms with E-state index in [0.29, 0.717) is 23.6 Å². The van der Waals surface area contributed by atoms with Crippen molar-refractivity contribution in [1.29, 1.82) is 5.26 Å². The van der Waals surface area contributed by atoms with E-state index in [4.69, 9.17) is 5.26 Å². The highest BCUT2D eigenvalue weighted by molar-refractivity contribution is 7.13. The van der Waals surface area contributed by atoms with E-state index in [-0.39, 0.29) is 5.91 Å². The van der Waals surface area contributed by atoms with E-state index >= 15 is 0 Å². The number of anilines is 1. The van der Waals surface area contributed by atoms with Gasteiger partial charge in [-0.05, 0) is 43.0 Å². The number of carbonyl (C=O) groups is 1. The molecule has 1 aromatic carbocycles. The summed E-state index contributed by atoms with van der Waals surface area (Å²) in [6.07, 6.45) is 4.07. The number of piperidine rings is 1. The molecule has 0 saturated carbocycles. The summed E-state index contributed by atoms with van der Waals surface area (Å²) in [5.41, 5.74) is 1.16. The summed E-state index contributed by atoms with van der Waals surface area (Å²) in [5.74, 6) is 0.357. The number of rotatable bonds is 4. The molecule has 3 rings (SSSR count). The molecule has 1 N–H and O–H groups in total. The Morgan fingerprint density at radius 1 is 1.43 bits per heavy atom. The van der Waals surface area contributed by atoms with Crippen LogP contribution >= 0.6 is 11.3 Å². The highest BCUT2D eigenvalue weighted by Crippen LogP contribution is 2.24. The summed E-state index contributed by atoms with van der Waals surface area (Å²) in [7, 11) is 0. The van der Waals surface area contributed by atoms with Crippen LogP contribution < -0.4 is 10.2 Å². The van der Waals surface area contributed by atoms with Crippen LogP contribution in [0.1, 0.15) is 28.8 Å². The first kappa shape index (κ1) is 15.5. The zero-order chi connectivity index (χ0) is 16.1. The molecular weight excluding hydrogens is 308 g/mol. The van der Waals surface area contributed by atoms with Gasteiger partial charge in [0, 0.05) is 36.8 Å². The lowest BCUT2D eigenvalue weighted by molar-refractivity contribution is 0.0945. The lowest BCUT2D eigenvalue weighted by atomic mass is 9.98. The molecule has 1 aromatic heterocycles. The van der Waals surface area contributed by atoms with E-state index in [1.165, 1.54) is 0 Å². The molecule has 1 atom stereocenters. The minimum Gasteiger partial charge on any atom is -0.352 e. The van der Waals surface area contributed by atoms with Crippen molar-refractivity contribution in [2.24, 2.45) is 5.92 Å². The van der Waals surface area contributed by atoms with Crippen LogP contribution in [-0.2, 0) is 0 Å². The standard InChI is InChI=1S/C17H18N4OS/c18-10-13-3-5-15(6-4-13)16(22)20-11-14-2-1-8-21(12-14)17-19-7-9-23-17/h3-7,9,14H,1-2,8,11-12H2,(H,20,22). The number of nitriles is 1. The average Bonchev–Trinajstić information content (AvgIpc) is 3.15. The van der Waals surface area contributed by atoms with Crippen LogP contribution in [0.4, 0.5) is 5.13 Å². The van der Waals surface area contributed by atoms with Crippen molar-refractivity contribution in [3.05, 3.63) is 47.0 Å². The lowest BCUT2D eigenvalue weighted by Crippen LogP contribution is -2.41. The van der Waals surface area contributed by atoms with Crippen molar-refractivity contribution in [1.82, 2.24) is 10.3 Å². The second-order valence-corrected chi connectivity index (χ2v) is 6.54. The van der Waals surface area contributed by atoms with Crippen molar-refractivity contribution < 1.29 is 4.79 Å². The summed E-state index contributed by atoms with van der Waals surface area (Å²) in [6, 6.07) is 8.77. The second-order valence-electron chi connectivity index (χ2n) is 5.67. The van der Waals surface area contributed by atoms with Crippen LogP contribution in [0, 0.1) is 17.2 Å². The second kappa shape index (κ2) is 7.25. The van der Waals surface area contributed by atoms with Gasteiger partial charge in [-0.25, -0.2) is 4.98 Å². The summed E-state index contributed by atoms with van der Waals surface area (Å²) in [6.45, 7) is 2.63. The Bertz CT molecular complexity index is 690. The Hall–Kier alpha value is -2.39. The highest BCUT2D eigenvalue weighted by Gasteiger charge is 2.22. The van der Waals surface area contributed by atoms with Crippen LogP contribution in [0.5, 0.6) is 0 Å². The lowest BCUT2D eigenvalue weighted by Gasteiger charge is -2.32. The third-order valence-corrected chi connectivity index (χ3v) is 4.87. The van der Waals surface area contributed by atoms with Gasteiger partial charge in [-0.1, -0.05) is 0 Å². The number of hydrogen-bond acceptors (Lipinski definition) is 5. The minimum atomic E-state index is -0.0825. The first-order valence-electron chi connectivity index (χ1n) is 7.69. The molecule has 2 heterocycles. The summed E-state index contributed by atoms with van der Waals surface area (Å²) >= 11 is 1.66. The SMILES string of the molecule is N#Cc1ccc(C(=O)NCC2CCCN(c3nccs3)C2)cc1. The van der Waals surface area contributed by atoms with Crippen molar-refractivity contribution >= 4 is 22.4 Å². The quantitative estimate of drug-likeness (QED) is 0.938. The molecule has 5 nitrogen and oxygen atoms in total. The molecule has 1 unspecified atom stereocenters. The topological polar surface area (TPSA) is 69.0 Å². The fourth-order valence-electron chi connectivity index (χ4n) is 2.81. The number of benzene rings is 1. The molecule has 1 aliphatic heterocycles. The van der Waals surface area contributed by atoms with E-state index in [2.05, 4.69) is 21.3 Å². The number of thiazole rings is 1. The van der Waals surface area contributed by atoms with Crippen molar-refractivity contribution in [3.63, 3.8) is 0 Å². The summed E-state index contributed by atoms with van der Waals surface area (Å²) < 4.78 is 0. The smallest absolute Gasteiger partial charge is 0.251 e. The fourth-order valence-corrected chi connectivity index (χ4v) is 3.49. The fraction of sp³-hybridized carbons (Fsp3) is 0.353. The van der Waals surface area contributed by atoms with Crippen LogP contribution in [0.15, 0.2) is 35.8 Å². The molecule has 0 spiro atoms. The predicted octanol–water partition coefficient (Wildman–Crippen LogP) is 2.66. The normalized spacial score (nSPS) is 17.5. The Labute approximate surface area is 139 Å². The Balaban J connectivity index is 1.53. The van der Waals surface area contributed by atoms with Gasteiger partial charge in [0.1, 0.15) is 0 Å². The highest BCUT2D eigenvalue weighted by atomic mass is 32.1. The number of carbonyl (C=O) groups excluding carboxylic acids is 1. The average molecular weight is 326 g/mol. The summed E-state index contributed by atoms with van der Waals surface area (Å²) in [4.78, 5) is 18.8. The van der Waals surface area contributed by atoms with Gasteiger partial charge in [-0.15, -0.1) is 11.3 Å². The first-order valence-corrected chi connectivity index (χ1v) is 8.57. The number of hydrogen-bond donors (Lipinski definition) is 1. The Morgan fingerprint density at radius 3 is 2.96 bits per heavy atom. The Kier molecular flexibility index (Phi) is 4.89. The summed E-state index contributed by atoms with van der Waals surface area (Å²) in [5, 5.41) is 14.8. The van der Waals surface area contributed by atoms with Crippen molar-refractivity contribution in [2.45, 2.75) is 12.8 Å². The Morgan fingerprint density at radius 2 is 2.26 bits per heavy atom. The van der Waals surface area contributed by atoms with Crippen LogP contribution in [0.25, 0.3) is 0 Å². The maximum Gasteiger partial charge on any atom is 0.251 e. The number of nitrogens with one attached hydrogen (secondary N) is 1. The van der Waals surface area contributed by atoms with Gasteiger partial charge in [-0.2, -0.15) is 5.26 Å². The van der Waals surface area contributed by atoms with Gasteiger partial charge in [0.2, 0.25) is 0 Å². The number of aromatic nitrogens is 1. The van der Waals surface area contributed by atoms with Gasteiger partial charge >= 0.3 is 0 Å². The van der Waals surface area contributed by atoms with Gasteiger partial charge in [0.05, 0.1) is 11.6 Å². The molecule has 0 radical (unpaired) electrons. The largest absolute Gasteiger partial charge is 0.352 e. The molecule has 0 aliphatic carbocycles. The maximum absolute atomic E-state index is 12.2. The first-order chi connectivity index (χ1) is 11.3. The van der Waals surface area contributed by atoms with Gasteiger partial charge in [0.15, 0.2) is 5.13 Å².